The Hall–Kier alpha value is -2.28. The molecule has 6 nitrogen and oxygen atoms in total. The summed E-state index contributed by atoms with van der Waals surface area (Å²) in [5.74, 6) is -1.62. The zero-order chi connectivity index (χ0) is 13.0. The van der Waals surface area contributed by atoms with Crippen molar-refractivity contribution >= 4 is 23.4 Å². The highest BCUT2D eigenvalue weighted by molar-refractivity contribution is 7.07. The Bertz CT molecular complexity index is 542. The van der Waals surface area contributed by atoms with E-state index in [0.717, 1.165) is 11.5 Å². The molecule has 0 aliphatic carbocycles. The molecule has 0 spiro atoms. The molecular weight excluding hydrogens is 254 g/mol. The number of nitrogens with zero attached hydrogens (tertiary/aromatic N) is 2. The van der Waals surface area contributed by atoms with Gasteiger partial charge in [0.05, 0.1) is 6.20 Å². The summed E-state index contributed by atoms with van der Waals surface area (Å²) in [5.41, 5.74) is 0.510. The van der Waals surface area contributed by atoms with E-state index in [1.165, 1.54) is 6.20 Å². The van der Waals surface area contributed by atoms with Gasteiger partial charge in [0.25, 0.3) is 5.91 Å². The minimum atomic E-state index is -1.12. The maximum absolute atomic E-state index is 11.7. The van der Waals surface area contributed by atoms with Gasteiger partial charge in [0.15, 0.2) is 6.04 Å². The predicted octanol–water partition coefficient (Wildman–Crippen LogP) is 1.09. The van der Waals surface area contributed by atoms with Crippen molar-refractivity contribution in [3.8, 4) is 0 Å². The lowest BCUT2D eigenvalue weighted by Crippen LogP contribution is -2.33. The molecule has 0 saturated heterocycles. The van der Waals surface area contributed by atoms with E-state index in [-0.39, 0.29) is 4.88 Å². The number of carboxylic acid groups (broad SMARTS) is 1. The van der Waals surface area contributed by atoms with Gasteiger partial charge >= 0.3 is 5.97 Å². The number of hydrogen-bond donors (Lipinski definition) is 2. The molecule has 92 valence electrons. The highest BCUT2D eigenvalue weighted by Crippen LogP contribution is 2.14. The molecule has 2 aromatic rings. The van der Waals surface area contributed by atoms with Gasteiger partial charge in [-0.3, -0.25) is 4.79 Å². The molecule has 1 unspecified atom stereocenters. The molecule has 0 aliphatic rings. The van der Waals surface area contributed by atoms with Gasteiger partial charge in [0.2, 0.25) is 0 Å². The second-order valence-electron chi connectivity index (χ2n) is 3.44. The highest BCUT2D eigenvalue weighted by Gasteiger charge is 2.23. The third kappa shape index (κ3) is 2.69. The number of carboxylic acids is 1. The van der Waals surface area contributed by atoms with Crippen LogP contribution in [0.2, 0.25) is 0 Å². The summed E-state index contributed by atoms with van der Waals surface area (Å²) >= 11 is 0.914. The van der Waals surface area contributed by atoms with Crippen LogP contribution in [0.15, 0.2) is 36.5 Å². The van der Waals surface area contributed by atoms with Crippen molar-refractivity contribution in [2.45, 2.75) is 6.04 Å². The Labute approximate surface area is 106 Å². The lowest BCUT2D eigenvalue weighted by molar-refractivity contribution is -0.139. The number of rotatable bonds is 4. The van der Waals surface area contributed by atoms with Crippen molar-refractivity contribution < 1.29 is 14.7 Å². The van der Waals surface area contributed by atoms with E-state index >= 15 is 0 Å². The standard InChI is InChI=1S/C11H9N3O3S/c15-10(8-6-12-14-18-8)13-9(11(16)17)7-4-2-1-3-5-7/h1-6,9H,(H,13,15)(H,16,17). The summed E-state index contributed by atoms with van der Waals surface area (Å²) in [6.07, 6.45) is 1.30. The molecule has 2 N–H and O–H groups in total. The van der Waals surface area contributed by atoms with Crippen molar-refractivity contribution in [2.24, 2.45) is 0 Å². The number of carbonyl (C=O) groups is 2. The maximum Gasteiger partial charge on any atom is 0.330 e. The molecule has 2 rings (SSSR count). The van der Waals surface area contributed by atoms with Crippen molar-refractivity contribution in [1.29, 1.82) is 0 Å². The fraction of sp³-hybridized carbons (Fsp3) is 0.0909. The number of aliphatic carboxylic acids is 1. The number of aromatic nitrogens is 2. The molecule has 1 aromatic carbocycles. The van der Waals surface area contributed by atoms with Crippen LogP contribution in [-0.4, -0.2) is 26.6 Å². The Balaban J connectivity index is 2.18. The molecule has 0 saturated carbocycles. The minimum absolute atomic E-state index is 0.275. The SMILES string of the molecule is O=C(NC(C(=O)O)c1ccccc1)c1cnns1. The van der Waals surface area contributed by atoms with Gasteiger partial charge in [-0.2, -0.15) is 0 Å². The van der Waals surface area contributed by atoms with Crippen molar-refractivity contribution in [3.05, 3.63) is 47.0 Å². The molecule has 1 atom stereocenters. The summed E-state index contributed by atoms with van der Waals surface area (Å²) in [6, 6.07) is 7.41. The van der Waals surface area contributed by atoms with Crippen LogP contribution in [0.1, 0.15) is 21.3 Å². The number of nitrogens with one attached hydrogen (secondary N) is 1. The summed E-state index contributed by atoms with van der Waals surface area (Å²) in [4.78, 5) is 23.2. The second-order valence-corrected chi connectivity index (χ2v) is 4.22. The van der Waals surface area contributed by atoms with Crippen LogP contribution in [-0.2, 0) is 4.79 Å². The first kappa shape index (κ1) is 12.2. The van der Waals surface area contributed by atoms with Crippen molar-refractivity contribution in [3.63, 3.8) is 0 Å². The van der Waals surface area contributed by atoms with Gasteiger partial charge in [-0.05, 0) is 17.1 Å². The third-order valence-electron chi connectivity index (χ3n) is 2.24. The van der Waals surface area contributed by atoms with E-state index in [2.05, 4.69) is 14.9 Å². The normalized spacial score (nSPS) is 11.8. The average molecular weight is 263 g/mol. The fourth-order valence-electron chi connectivity index (χ4n) is 1.40. The maximum atomic E-state index is 11.7. The van der Waals surface area contributed by atoms with Gasteiger partial charge in [-0.25, -0.2) is 4.79 Å². The zero-order valence-corrected chi connectivity index (χ0v) is 9.92. The molecule has 0 fully saturated rings. The van der Waals surface area contributed by atoms with Crippen LogP contribution < -0.4 is 5.32 Å². The van der Waals surface area contributed by atoms with E-state index in [1.807, 2.05) is 0 Å². The van der Waals surface area contributed by atoms with E-state index in [4.69, 9.17) is 5.11 Å². The fourth-order valence-corrected chi connectivity index (χ4v) is 1.82. The zero-order valence-electron chi connectivity index (χ0n) is 9.11. The third-order valence-corrected chi connectivity index (χ3v) is 2.90. The van der Waals surface area contributed by atoms with E-state index in [0.29, 0.717) is 5.56 Å². The first-order chi connectivity index (χ1) is 8.68. The molecule has 0 bridgehead atoms. The van der Waals surface area contributed by atoms with Crippen LogP contribution >= 0.6 is 11.5 Å². The van der Waals surface area contributed by atoms with Crippen LogP contribution in [0.3, 0.4) is 0 Å². The van der Waals surface area contributed by atoms with Crippen LogP contribution in [0.25, 0.3) is 0 Å². The molecule has 0 aliphatic heterocycles. The first-order valence-electron chi connectivity index (χ1n) is 5.04. The Morgan fingerprint density at radius 3 is 2.56 bits per heavy atom. The molecule has 1 amide bonds. The van der Waals surface area contributed by atoms with Gasteiger partial charge < -0.3 is 10.4 Å². The summed E-state index contributed by atoms with van der Waals surface area (Å²) < 4.78 is 3.55. The van der Waals surface area contributed by atoms with E-state index < -0.39 is 17.9 Å². The summed E-state index contributed by atoms with van der Waals surface area (Å²) in [6.45, 7) is 0. The van der Waals surface area contributed by atoms with Gasteiger partial charge in [0.1, 0.15) is 4.88 Å². The number of carbonyl (C=O) groups excluding carboxylic acids is 1. The monoisotopic (exact) mass is 263 g/mol. The minimum Gasteiger partial charge on any atom is -0.479 e. The second kappa shape index (κ2) is 5.37. The lowest BCUT2D eigenvalue weighted by Gasteiger charge is -2.13. The highest BCUT2D eigenvalue weighted by atomic mass is 32.1. The first-order valence-corrected chi connectivity index (χ1v) is 5.82. The van der Waals surface area contributed by atoms with E-state index in [1.54, 1.807) is 30.3 Å². The lowest BCUT2D eigenvalue weighted by atomic mass is 10.1. The topological polar surface area (TPSA) is 92.2 Å². The van der Waals surface area contributed by atoms with Gasteiger partial charge in [0, 0.05) is 0 Å². The largest absolute Gasteiger partial charge is 0.479 e. The van der Waals surface area contributed by atoms with Gasteiger partial charge in [-0.1, -0.05) is 34.8 Å². The molecular formula is C11H9N3O3S. The quantitative estimate of drug-likeness (QED) is 0.861. The number of amides is 1. The summed E-state index contributed by atoms with van der Waals surface area (Å²) in [7, 11) is 0. The molecule has 1 heterocycles. The summed E-state index contributed by atoms with van der Waals surface area (Å²) in [5, 5.41) is 15.1. The molecule has 7 heteroatoms. The number of benzene rings is 1. The van der Waals surface area contributed by atoms with Crippen LogP contribution in [0, 0.1) is 0 Å². The average Bonchev–Trinajstić information content (AvgIpc) is 2.90. The van der Waals surface area contributed by atoms with Crippen LogP contribution in [0.4, 0.5) is 0 Å². The number of hydrogen-bond acceptors (Lipinski definition) is 5. The molecule has 0 radical (unpaired) electrons. The Kier molecular flexibility index (Phi) is 3.63. The van der Waals surface area contributed by atoms with Gasteiger partial charge in [-0.15, -0.1) is 5.10 Å². The predicted molar refractivity (Wildman–Crippen MR) is 64.2 cm³/mol. The van der Waals surface area contributed by atoms with Crippen molar-refractivity contribution in [1.82, 2.24) is 14.9 Å². The Morgan fingerprint density at radius 1 is 1.28 bits per heavy atom. The van der Waals surface area contributed by atoms with E-state index in [9.17, 15) is 9.59 Å². The molecule has 1 aromatic heterocycles. The van der Waals surface area contributed by atoms with Crippen LogP contribution in [0.5, 0.6) is 0 Å². The molecule has 18 heavy (non-hydrogen) atoms. The smallest absolute Gasteiger partial charge is 0.330 e. The van der Waals surface area contributed by atoms with Crippen molar-refractivity contribution in [2.75, 3.05) is 0 Å². The Morgan fingerprint density at radius 2 is 2.00 bits per heavy atom.